The van der Waals surface area contributed by atoms with E-state index in [0.29, 0.717) is 26.2 Å². The van der Waals surface area contributed by atoms with Gasteiger partial charge in [0.15, 0.2) is 0 Å². The molecule has 2 heterocycles. The third-order valence-corrected chi connectivity index (χ3v) is 6.29. The molecule has 2 aliphatic rings. The lowest BCUT2D eigenvalue weighted by Crippen LogP contribution is -2.43. The average Bonchev–Trinajstić information content (AvgIpc) is 2.77. The molecule has 1 atom stereocenters. The monoisotopic (exact) mass is 414 g/mol. The molecule has 29 heavy (non-hydrogen) atoms. The fourth-order valence-electron chi connectivity index (χ4n) is 3.69. The Hall–Kier alpha value is -2.38. The zero-order valence-corrected chi connectivity index (χ0v) is 16.9. The van der Waals surface area contributed by atoms with E-state index in [1.807, 2.05) is 24.3 Å². The summed E-state index contributed by atoms with van der Waals surface area (Å²) in [5, 5.41) is 0. The van der Waals surface area contributed by atoms with Gasteiger partial charge in [0.25, 0.3) is 0 Å². The van der Waals surface area contributed by atoms with Crippen molar-refractivity contribution in [2.75, 3.05) is 36.9 Å². The summed E-state index contributed by atoms with van der Waals surface area (Å²) in [7, 11) is 0. The van der Waals surface area contributed by atoms with Crippen LogP contribution in [0.5, 0.6) is 0 Å². The van der Waals surface area contributed by atoms with Crippen LogP contribution in [0.4, 0.5) is 10.1 Å². The molecule has 1 fully saturated rings. The van der Waals surface area contributed by atoms with Crippen molar-refractivity contribution >= 4 is 29.3 Å². The normalized spacial score (nSPS) is 19.0. The molecule has 1 unspecified atom stereocenters. The first-order valence-corrected chi connectivity index (χ1v) is 10.8. The number of para-hydroxylation sites is 1. The van der Waals surface area contributed by atoms with Gasteiger partial charge >= 0.3 is 0 Å². The predicted molar refractivity (Wildman–Crippen MR) is 110 cm³/mol. The first-order chi connectivity index (χ1) is 14.1. The summed E-state index contributed by atoms with van der Waals surface area (Å²) in [6.07, 6.45) is 0.104. The van der Waals surface area contributed by atoms with Gasteiger partial charge in [-0.25, -0.2) is 4.39 Å². The minimum Gasteiger partial charge on any atom is -0.370 e. The Morgan fingerprint density at radius 1 is 1.03 bits per heavy atom. The van der Waals surface area contributed by atoms with Crippen LogP contribution in [0, 0.1) is 5.82 Å². The van der Waals surface area contributed by atoms with Crippen LogP contribution in [-0.2, 0) is 14.3 Å². The number of benzene rings is 2. The largest absolute Gasteiger partial charge is 0.370 e. The molecule has 2 amide bonds. The topological polar surface area (TPSA) is 49.9 Å². The van der Waals surface area contributed by atoms with Crippen molar-refractivity contribution in [3.05, 3.63) is 59.9 Å². The predicted octanol–water partition coefficient (Wildman–Crippen LogP) is 3.64. The second-order valence-electron chi connectivity index (χ2n) is 7.11. The number of nitrogens with zero attached hydrogens (tertiary/aromatic N) is 2. The van der Waals surface area contributed by atoms with E-state index >= 15 is 0 Å². The van der Waals surface area contributed by atoms with Gasteiger partial charge in [0.05, 0.1) is 18.8 Å². The fourth-order valence-corrected chi connectivity index (χ4v) is 4.69. The highest BCUT2D eigenvalue weighted by atomic mass is 32.2. The summed E-state index contributed by atoms with van der Waals surface area (Å²) < 4.78 is 18.9. The Morgan fingerprint density at radius 2 is 1.79 bits per heavy atom. The molecule has 0 N–H and O–H groups in total. The number of carbonyl (C=O) groups is 2. The highest BCUT2D eigenvalue weighted by Gasteiger charge is 2.27. The maximum Gasteiger partial charge on any atom is 0.227 e. The van der Waals surface area contributed by atoms with Crippen molar-refractivity contribution in [3.63, 3.8) is 0 Å². The van der Waals surface area contributed by atoms with Gasteiger partial charge in [-0.3, -0.25) is 9.59 Å². The molecule has 1 saturated heterocycles. The molecule has 152 valence electrons. The van der Waals surface area contributed by atoms with E-state index in [9.17, 15) is 14.0 Å². The van der Waals surface area contributed by atoms with Gasteiger partial charge in [-0.15, -0.1) is 11.8 Å². The van der Waals surface area contributed by atoms with Crippen molar-refractivity contribution in [2.45, 2.75) is 23.8 Å². The van der Waals surface area contributed by atoms with E-state index < -0.39 is 0 Å². The van der Waals surface area contributed by atoms with Gasteiger partial charge in [0, 0.05) is 36.6 Å². The van der Waals surface area contributed by atoms with Crippen LogP contribution >= 0.6 is 11.8 Å². The SMILES string of the molecule is O=C(CCC(=O)N1CCSc2ccccc21)N1CCOC(c2ccc(F)cc2)C1. The number of morpholine rings is 1. The number of hydrogen-bond donors (Lipinski definition) is 0. The van der Waals surface area contributed by atoms with E-state index in [0.717, 1.165) is 21.9 Å². The number of fused-ring (bicyclic) bond motifs is 1. The first kappa shape index (κ1) is 19.9. The lowest BCUT2D eigenvalue weighted by Gasteiger charge is -2.33. The highest BCUT2D eigenvalue weighted by molar-refractivity contribution is 7.99. The minimum atomic E-state index is -0.298. The Labute approximate surface area is 173 Å². The fraction of sp³-hybridized carbons (Fsp3) is 0.364. The number of amides is 2. The van der Waals surface area contributed by atoms with Crippen molar-refractivity contribution in [1.82, 2.24) is 4.90 Å². The molecular formula is C22H23FN2O3S. The summed E-state index contributed by atoms with van der Waals surface area (Å²) in [6.45, 7) is 2.02. The smallest absolute Gasteiger partial charge is 0.227 e. The molecule has 0 saturated carbocycles. The van der Waals surface area contributed by atoms with Gasteiger partial charge in [0.1, 0.15) is 11.9 Å². The molecule has 0 radical (unpaired) electrons. The van der Waals surface area contributed by atoms with E-state index in [1.54, 1.807) is 33.7 Å². The van der Waals surface area contributed by atoms with E-state index in [4.69, 9.17) is 4.74 Å². The Morgan fingerprint density at radius 3 is 2.62 bits per heavy atom. The zero-order valence-electron chi connectivity index (χ0n) is 16.1. The number of carbonyl (C=O) groups excluding carboxylic acids is 2. The molecule has 5 nitrogen and oxygen atoms in total. The van der Waals surface area contributed by atoms with Crippen LogP contribution in [0.25, 0.3) is 0 Å². The lowest BCUT2D eigenvalue weighted by atomic mass is 10.1. The van der Waals surface area contributed by atoms with Crippen molar-refractivity contribution in [2.24, 2.45) is 0 Å². The van der Waals surface area contributed by atoms with E-state index in [1.165, 1.54) is 12.1 Å². The molecule has 7 heteroatoms. The Balaban J connectivity index is 1.34. The minimum absolute atomic E-state index is 0.0190. The lowest BCUT2D eigenvalue weighted by molar-refractivity contribution is -0.140. The van der Waals surface area contributed by atoms with Gasteiger partial charge in [-0.1, -0.05) is 24.3 Å². The average molecular weight is 415 g/mol. The highest BCUT2D eigenvalue weighted by Crippen LogP contribution is 2.34. The number of anilines is 1. The van der Waals surface area contributed by atoms with Gasteiger partial charge in [0.2, 0.25) is 11.8 Å². The molecule has 0 bridgehead atoms. The zero-order chi connectivity index (χ0) is 20.2. The molecular weight excluding hydrogens is 391 g/mol. The third kappa shape index (κ3) is 4.62. The molecule has 2 aromatic rings. The first-order valence-electron chi connectivity index (χ1n) is 9.79. The summed E-state index contributed by atoms with van der Waals surface area (Å²) in [4.78, 5) is 30.1. The van der Waals surface area contributed by atoms with Crippen LogP contribution in [0.15, 0.2) is 53.4 Å². The van der Waals surface area contributed by atoms with Gasteiger partial charge in [-0.2, -0.15) is 0 Å². The molecule has 2 aromatic carbocycles. The maximum absolute atomic E-state index is 13.1. The van der Waals surface area contributed by atoms with Gasteiger partial charge in [-0.05, 0) is 29.8 Å². The Bertz CT molecular complexity index is 890. The van der Waals surface area contributed by atoms with Crippen LogP contribution in [0.3, 0.4) is 0 Å². The second kappa shape index (κ2) is 8.97. The molecule has 0 aliphatic carbocycles. The quantitative estimate of drug-likeness (QED) is 0.767. The second-order valence-corrected chi connectivity index (χ2v) is 8.25. The van der Waals surface area contributed by atoms with Crippen LogP contribution in [-0.4, -0.2) is 48.7 Å². The standard InChI is InChI=1S/C22H23FN2O3S/c23-17-7-5-16(6-8-17)19-15-24(11-13-28-19)21(26)9-10-22(27)25-12-14-29-20-4-2-1-3-18(20)25/h1-8,19H,9-15H2. The van der Waals surface area contributed by atoms with Crippen molar-refractivity contribution in [3.8, 4) is 0 Å². The molecule has 0 spiro atoms. The van der Waals surface area contributed by atoms with E-state index in [-0.39, 0.29) is 36.6 Å². The summed E-state index contributed by atoms with van der Waals surface area (Å²) in [5.74, 6) is 0.496. The van der Waals surface area contributed by atoms with Crippen LogP contribution < -0.4 is 4.90 Å². The van der Waals surface area contributed by atoms with Crippen LogP contribution in [0.1, 0.15) is 24.5 Å². The summed E-state index contributed by atoms with van der Waals surface area (Å²) in [6, 6.07) is 14.0. The molecule has 2 aliphatic heterocycles. The number of ether oxygens (including phenoxy) is 1. The van der Waals surface area contributed by atoms with Gasteiger partial charge < -0.3 is 14.5 Å². The molecule has 4 rings (SSSR count). The molecule has 0 aromatic heterocycles. The van der Waals surface area contributed by atoms with Crippen molar-refractivity contribution < 1.29 is 18.7 Å². The number of rotatable bonds is 4. The number of halogens is 1. The van der Waals surface area contributed by atoms with Crippen molar-refractivity contribution in [1.29, 1.82) is 0 Å². The maximum atomic E-state index is 13.1. The third-order valence-electron chi connectivity index (χ3n) is 5.24. The van der Waals surface area contributed by atoms with E-state index in [2.05, 4.69) is 0 Å². The summed E-state index contributed by atoms with van der Waals surface area (Å²) >= 11 is 1.75. The number of thioether (sulfide) groups is 1. The summed E-state index contributed by atoms with van der Waals surface area (Å²) in [5.41, 5.74) is 1.78. The number of hydrogen-bond acceptors (Lipinski definition) is 4. The Kier molecular flexibility index (Phi) is 6.16. The van der Waals surface area contributed by atoms with Crippen LogP contribution in [0.2, 0.25) is 0 Å².